The number of pyridine rings is 2. The van der Waals surface area contributed by atoms with Crippen molar-refractivity contribution >= 4 is 35.8 Å². The van der Waals surface area contributed by atoms with Gasteiger partial charge in [-0.05, 0) is 6.07 Å². The maximum Gasteiger partial charge on any atom is 0.122 e. The molecule has 0 aliphatic carbocycles. The molecule has 2 aromatic rings. The fourth-order valence-electron chi connectivity index (χ4n) is 1.01. The van der Waals surface area contributed by atoms with Crippen LogP contribution in [0.15, 0.2) is 24.5 Å². The van der Waals surface area contributed by atoms with E-state index in [2.05, 4.69) is 9.97 Å². The number of fused-ring (bicyclic) bond motifs is 1. The van der Waals surface area contributed by atoms with Crippen LogP contribution in [0.4, 0.5) is 0 Å². The molecule has 0 fully saturated rings. The monoisotopic (exact) mass is 174 g/mol. The van der Waals surface area contributed by atoms with Gasteiger partial charge in [0.2, 0.25) is 0 Å². The van der Waals surface area contributed by atoms with Crippen molar-refractivity contribution in [1.82, 2.24) is 9.97 Å². The van der Waals surface area contributed by atoms with Crippen molar-refractivity contribution in [2.75, 3.05) is 0 Å². The second kappa shape index (κ2) is 2.75. The third-order valence-corrected chi connectivity index (χ3v) is 1.90. The van der Waals surface area contributed by atoms with Crippen molar-refractivity contribution in [3.05, 3.63) is 29.7 Å². The van der Waals surface area contributed by atoms with Crippen LogP contribution in [0.3, 0.4) is 0 Å². The predicted octanol–water partition coefficient (Wildman–Crippen LogP) is 1.08. The van der Waals surface area contributed by atoms with E-state index in [-0.39, 0.29) is 0 Å². The molecular weight excluding hydrogens is 170 g/mol. The molecule has 12 heavy (non-hydrogen) atoms. The highest BCUT2D eigenvalue weighted by Gasteiger charge is 1.98. The third-order valence-electron chi connectivity index (χ3n) is 1.60. The molecule has 56 valence electrons. The summed E-state index contributed by atoms with van der Waals surface area (Å²) in [6.07, 6.45) is 3.35. The number of nitrogens with zero attached hydrogens (tertiary/aromatic N) is 2. The van der Waals surface area contributed by atoms with Crippen molar-refractivity contribution in [2.24, 2.45) is 0 Å². The summed E-state index contributed by atoms with van der Waals surface area (Å²) in [5.74, 6) is 0. The quantitative estimate of drug-likeness (QED) is 0.441. The lowest BCUT2D eigenvalue weighted by Gasteiger charge is -1.99. The highest BCUT2D eigenvalue weighted by atomic mass is 35.5. The molecule has 0 amide bonds. The van der Waals surface area contributed by atoms with Crippen LogP contribution in [-0.2, 0) is 0 Å². The Morgan fingerprint density at radius 3 is 3.08 bits per heavy atom. The topological polar surface area (TPSA) is 25.8 Å². The highest BCUT2D eigenvalue weighted by molar-refractivity contribution is 6.44. The lowest BCUT2D eigenvalue weighted by atomic mass is 9.97. The normalized spacial score (nSPS) is 10.4. The lowest BCUT2D eigenvalue weighted by Crippen LogP contribution is -2.05. The van der Waals surface area contributed by atoms with E-state index >= 15 is 0 Å². The molecule has 2 nitrogen and oxygen atoms in total. The van der Waals surface area contributed by atoms with E-state index in [9.17, 15) is 0 Å². The van der Waals surface area contributed by atoms with Crippen molar-refractivity contribution in [2.45, 2.75) is 0 Å². The summed E-state index contributed by atoms with van der Waals surface area (Å²) in [7, 11) is 5.57. The van der Waals surface area contributed by atoms with Crippen LogP contribution in [0.2, 0.25) is 5.15 Å². The van der Waals surface area contributed by atoms with Crippen LogP contribution < -0.4 is 5.46 Å². The molecule has 2 aromatic heterocycles. The zero-order chi connectivity index (χ0) is 8.55. The molecule has 0 aliphatic rings. The van der Waals surface area contributed by atoms with Crippen molar-refractivity contribution in [3.63, 3.8) is 0 Å². The van der Waals surface area contributed by atoms with E-state index in [1.165, 1.54) is 0 Å². The zero-order valence-electron chi connectivity index (χ0n) is 6.16. The van der Waals surface area contributed by atoms with E-state index in [1.54, 1.807) is 18.5 Å². The largest absolute Gasteiger partial charge is 0.262 e. The number of hydrogen-bond donors (Lipinski definition) is 0. The zero-order valence-corrected chi connectivity index (χ0v) is 6.92. The number of halogens is 1. The maximum atomic E-state index is 5.72. The standard InChI is InChI=1S/C8H4BClN2/c9-6-3-5-1-2-11-4-7(5)12-8(6)10/h1-4H. The van der Waals surface area contributed by atoms with Gasteiger partial charge in [-0.3, -0.25) is 4.98 Å². The Kier molecular flexibility index (Phi) is 1.73. The van der Waals surface area contributed by atoms with Gasteiger partial charge in [0.15, 0.2) is 0 Å². The number of rotatable bonds is 0. The fourth-order valence-corrected chi connectivity index (χ4v) is 1.16. The summed E-state index contributed by atoms with van der Waals surface area (Å²) < 4.78 is 0. The fraction of sp³-hybridized carbons (Fsp3) is 0. The molecule has 0 saturated heterocycles. The molecule has 0 spiro atoms. The van der Waals surface area contributed by atoms with Crippen molar-refractivity contribution in [3.8, 4) is 0 Å². The average Bonchev–Trinajstić information content (AvgIpc) is 2.07. The minimum Gasteiger partial charge on any atom is -0.262 e. The molecular formula is C8H4BClN2. The van der Waals surface area contributed by atoms with Crippen LogP contribution in [0, 0.1) is 0 Å². The molecule has 0 aromatic carbocycles. The van der Waals surface area contributed by atoms with Crippen LogP contribution in [0.1, 0.15) is 0 Å². The summed E-state index contributed by atoms with van der Waals surface area (Å²) >= 11 is 5.72. The van der Waals surface area contributed by atoms with E-state index < -0.39 is 0 Å². The molecule has 0 N–H and O–H groups in total. The Balaban J connectivity index is 2.84. The smallest absolute Gasteiger partial charge is 0.122 e. The first kappa shape index (κ1) is 7.56. The molecule has 2 rings (SSSR count). The minimum atomic E-state index is 0.329. The maximum absolute atomic E-state index is 5.72. The van der Waals surface area contributed by atoms with Gasteiger partial charge in [-0.25, -0.2) is 4.98 Å². The van der Waals surface area contributed by atoms with Gasteiger partial charge in [-0.2, -0.15) is 0 Å². The van der Waals surface area contributed by atoms with Gasteiger partial charge in [0, 0.05) is 11.6 Å². The van der Waals surface area contributed by atoms with E-state index in [1.807, 2.05) is 6.07 Å². The molecule has 0 unspecified atom stereocenters. The summed E-state index contributed by atoms with van der Waals surface area (Å²) in [6.45, 7) is 0. The Bertz CT molecular complexity index is 390. The first-order valence-electron chi connectivity index (χ1n) is 3.43. The van der Waals surface area contributed by atoms with Gasteiger partial charge in [-0.1, -0.05) is 23.1 Å². The van der Waals surface area contributed by atoms with Crippen molar-refractivity contribution in [1.29, 1.82) is 0 Å². The predicted molar refractivity (Wildman–Crippen MR) is 49.9 cm³/mol. The van der Waals surface area contributed by atoms with Gasteiger partial charge in [0.05, 0.1) is 11.7 Å². The van der Waals surface area contributed by atoms with Crippen LogP contribution in [0.5, 0.6) is 0 Å². The highest BCUT2D eigenvalue weighted by Crippen LogP contribution is 2.10. The second-order valence-corrected chi connectivity index (χ2v) is 2.79. The van der Waals surface area contributed by atoms with Crippen LogP contribution in [-0.4, -0.2) is 17.8 Å². The molecule has 4 heteroatoms. The summed E-state index contributed by atoms with van der Waals surface area (Å²) in [4.78, 5) is 7.97. The van der Waals surface area contributed by atoms with Crippen molar-refractivity contribution < 1.29 is 0 Å². The summed E-state index contributed by atoms with van der Waals surface area (Å²) in [6, 6.07) is 3.63. The van der Waals surface area contributed by atoms with Crippen LogP contribution in [0.25, 0.3) is 10.9 Å². The second-order valence-electron chi connectivity index (χ2n) is 2.44. The first-order chi connectivity index (χ1) is 5.77. The molecule has 0 aliphatic heterocycles. The third kappa shape index (κ3) is 1.16. The molecule has 2 heterocycles. The van der Waals surface area contributed by atoms with Crippen LogP contribution >= 0.6 is 11.6 Å². The molecule has 2 radical (unpaired) electrons. The molecule has 0 bridgehead atoms. The van der Waals surface area contributed by atoms with Gasteiger partial charge < -0.3 is 0 Å². The Hall–Kier alpha value is -1.09. The Morgan fingerprint density at radius 1 is 1.42 bits per heavy atom. The number of aromatic nitrogens is 2. The Morgan fingerprint density at radius 2 is 2.25 bits per heavy atom. The first-order valence-corrected chi connectivity index (χ1v) is 3.81. The van der Waals surface area contributed by atoms with E-state index in [4.69, 9.17) is 19.4 Å². The molecule has 0 saturated carbocycles. The summed E-state index contributed by atoms with van der Waals surface area (Å²) in [5.41, 5.74) is 1.26. The van der Waals surface area contributed by atoms with Gasteiger partial charge in [0.1, 0.15) is 13.0 Å². The molecule has 0 atom stereocenters. The SMILES string of the molecule is [B]c1cc2ccncc2nc1Cl. The van der Waals surface area contributed by atoms with Gasteiger partial charge in [-0.15, -0.1) is 0 Å². The Labute approximate surface area is 76.0 Å². The summed E-state index contributed by atoms with van der Waals surface area (Å²) in [5, 5.41) is 1.28. The van der Waals surface area contributed by atoms with Gasteiger partial charge >= 0.3 is 0 Å². The van der Waals surface area contributed by atoms with Gasteiger partial charge in [0.25, 0.3) is 0 Å². The lowest BCUT2D eigenvalue weighted by molar-refractivity contribution is 1.32. The minimum absolute atomic E-state index is 0.329. The number of hydrogen-bond acceptors (Lipinski definition) is 2. The van der Waals surface area contributed by atoms with E-state index in [0.717, 1.165) is 10.9 Å². The average molecular weight is 174 g/mol. The van der Waals surface area contributed by atoms with E-state index in [0.29, 0.717) is 10.6 Å².